The van der Waals surface area contributed by atoms with Crippen LogP contribution in [0.25, 0.3) is 0 Å². The standard InChI is InChI=1S/C14H17NO4/c1-10(2)14(9-19-13(17)15-14)12(16)18-8-11-6-4-3-5-7-11/h3-7,10H,8-9H2,1-2H3,(H,15,17)/t14-/m0/s1. The first kappa shape index (κ1) is 13.4. The fourth-order valence-electron chi connectivity index (χ4n) is 1.94. The Kier molecular flexibility index (Phi) is 3.74. The van der Waals surface area contributed by atoms with Crippen LogP contribution < -0.4 is 5.32 Å². The van der Waals surface area contributed by atoms with Crippen molar-refractivity contribution in [3.05, 3.63) is 35.9 Å². The monoisotopic (exact) mass is 263 g/mol. The summed E-state index contributed by atoms with van der Waals surface area (Å²) in [5.41, 5.74) is -0.175. The van der Waals surface area contributed by atoms with E-state index >= 15 is 0 Å². The molecule has 1 aliphatic rings. The summed E-state index contributed by atoms with van der Waals surface area (Å²) in [5, 5.41) is 2.57. The minimum atomic E-state index is -1.08. The molecular formula is C14H17NO4. The van der Waals surface area contributed by atoms with Crippen molar-refractivity contribution >= 4 is 12.1 Å². The van der Waals surface area contributed by atoms with E-state index in [1.165, 1.54) is 0 Å². The molecule has 1 atom stereocenters. The normalized spacial score (nSPS) is 21.9. The summed E-state index contributed by atoms with van der Waals surface area (Å²) in [7, 11) is 0. The zero-order valence-electron chi connectivity index (χ0n) is 11.0. The summed E-state index contributed by atoms with van der Waals surface area (Å²) in [6, 6.07) is 9.40. The molecule has 0 saturated carbocycles. The number of esters is 1. The summed E-state index contributed by atoms with van der Waals surface area (Å²) in [6.07, 6.45) is -0.578. The van der Waals surface area contributed by atoms with Crippen LogP contribution in [0.15, 0.2) is 30.3 Å². The molecule has 1 heterocycles. The Morgan fingerprint density at radius 3 is 2.63 bits per heavy atom. The van der Waals surface area contributed by atoms with Gasteiger partial charge in [-0.05, 0) is 11.5 Å². The number of hydrogen-bond acceptors (Lipinski definition) is 4. The number of carbonyl (C=O) groups is 2. The van der Waals surface area contributed by atoms with E-state index in [1.54, 1.807) is 0 Å². The van der Waals surface area contributed by atoms with Crippen LogP contribution in [0.5, 0.6) is 0 Å². The van der Waals surface area contributed by atoms with Gasteiger partial charge in [-0.25, -0.2) is 9.59 Å². The van der Waals surface area contributed by atoms with E-state index in [4.69, 9.17) is 9.47 Å². The number of hydrogen-bond donors (Lipinski definition) is 1. The van der Waals surface area contributed by atoms with E-state index in [0.717, 1.165) is 5.56 Å². The smallest absolute Gasteiger partial charge is 0.408 e. The van der Waals surface area contributed by atoms with E-state index in [9.17, 15) is 9.59 Å². The lowest BCUT2D eigenvalue weighted by molar-refractivity contribution is -0.154. The average Bonchev–Trinajstić information content (AvgIpc) is 2.81. The van der Waals surface area contributed by atoms with E-state index in [0.29, 0.717) is 0 Å². The van der Waals surface area contributed by atoms with Gasteiger partial charge in [-0.3, -0.25) is 0 Å². The SMILES string of the molecule is CC(C)[C@]1(C(=O)OCc2ccccc2)COC(=O)N1. The Balaban J connectivity index is 2.03. The maximum atomic E-state index is 12.2. The van der Waals surface area contributed by atoms with Gasteiger partial charge in [0.15, 0.2) is 5.54 Å². The lowest BCUT2D eigenvalue weighted by atomic mass is 9.88. The number of amides is 1. The summed E-state index contributed by atoms with van der Waals surface area (Å²) < 4.78 is 10.1. The summed E-state index contributed by atoms with van der Waals surface area (Å²) >= 11 is 0. The molecule has 5 nitrogen and oxygen atoms in total. The van der Waals surface area contributed by atoms with E-state index < -0.39 is 17.6 Å². The van der Waals surface area contributed by atoms with Gasteiger partial charge in [-0.2, -0.15) is 0 Å². The second-order valence-electron chi connectivity index (χ2n) is 4.89. The Labute approximate surface area is 111 Å². The van der Waals surface area contributed by atoms with Gasteiger partial charge in [-0.1, -0.05) is 44.2 Å². The molecule has 0 radical (unpaired) electrons. The molecule has 0 aliphatic carbocycles. The highest BCUT2D eigenvalue weighted by molar-refractivity contribution is 5.88. The van der Waals surface area contributed by atoms with Gasteiger partial charge >= 0.3 is 12.1 Å². The average molecular weight is 263 g/mol. The first-order valence-electron chi connectivity index (χ1n) is 6.21. The van der Waals surface area contributed by atoms with Crippen LogP contribution in [0.3, 0.4) is 0 Å². The van der Waals surface area contributed by atoms with Gasteiger partial charge < -0.3 is 14.8 Å². The van der Waals surface area contributed by atoms with Gasteiger partial charge in [0.1, 0.15) is 13.2 Å². The molecule has 0 spiro atoms. The number of cyclic esters (lactones) is 1. The van der Waals surface area contributed by atoms with Crippen molar-refractivity contribution in [3.63, 3.8) is 0 Å². The predicted octanol–water partition coefficient (Wildman–Crippen LogP) is 1.86. The van der Waals surface area contributed by atoms with E-state index in [-0.39, 0.29) is 19.1 Å². The molecule has 1 saturated heterocycles. The molecule has 1 aromatic rings. The van der Waals surface area contributed by atoms with Crippen LogP contribution in [0.4, 0.5) is 4.79 Å². The van der Waals surface area contributed by atoms with Crippen molar-refractivity contribution in [3.8, 4) is 0 Å². The van der Waals surface area contributed by atoms with Crippen LogP contribution in [0.2, 0.25) is 0 Å². The molecule has 1 amide bonds. The van der Waals surface area contributed by atoms with Crippen molar-refractivity contribution in [2.75, 3.05) is 6.61 Å². The third-order valence-electron chi connectivity index (χ3n) is 3.32. The quantitative estimate of drug-likeness (QED) is 0.842. The van der Waals surface area contributed by atoms with Gasteiger partial charge in [0.05, 0.1) is 0 Å². The fraction of sp³-hybridized carbons (Fsp3) is 0.429. The van der Waals surface area contributed by atoms with E-state index in [2.05, 4.69) is 5.32 Å². The lowest BCUT2D eigenvalue weighted by Crippen LogP contribution is -2.55. The first-order chi connectivity index (χ1) is 9.04. The third kappa shape index (κ3) is 2.70. The lowest BCUT2D eigenvalue weighted by Gasteiger charge is -2.28. The Morgan fingerprint density at radius 1 is 1.42 bits per heavy atom. The molecule has 0 unspecified atom stereocenters. The molecule has 0 bridgehead atoms. The number of ether oxygens (including phenoxy) is 2. The Bertz CT molecular complexity index is 472. The van der Waals surface area contributed by atoms with Crippen LogP contribution in [0, 0.1) is 5.92 Å². The molecular weight excluding hydrogens is 246 g/mol. The molecule has 2 rings (SSSR count). The van der Waals surface area contributed by atoms with Crippen molar-refractivity contribution in [1.29, 1.82) is 0 Å². The van der Waals surface area contributed by atoms with Crippen molar-refractivity contribution in [1.82, 2.24) is 5.32 Å². The number of alkyl carbamates (subject to hydrolysis) is 1. The predicted molar refractivity (Wildman–Crippen MR) is 68.3 cm³/mol. The summed E-state index contributed by atoms with van der Waals surface area (Å²) in [4.78, 5) is 23.4. The first-order valence-corrected chi connectivity index (χ1v) is 6.21. The van der Waals surface area contributed by atoms with Crippen molar-refractivity contribution in [2.45, 2.75) is 26.0 Å². The van der Waals surface area contributed by atoms with Crippen molar-refractivity contribution in [2.24, 2.45) is 5.92 Å². The Morgan fingerprint density at radius 2 is 2.11 bits per heavy atom. The molecule has 19 heavy (non-hydrogen) atoms. The van der Waals surface area contributed by atoms with E-state index in [1.807, 2.05) is 44.2 Å². The number of rotatable bonds is 4. The Hall–Kier alpha value is -2.04. The third-order valence-corrected chi connectivity index (χ3v) is 3.32. The van der Waals surface area contributed by atoms with Crippen molar-refractivity contribution < 1.29 is 19.1 Å². The molecule has 102 valence electrons. The highest BCUT2D eigenvalue weighted by Crippen LogP contribution is 2.24. The number of benzene rings is 1. The molecule has 1 aromatic carbocycles. The molecule has 1 fully saturated rings. The minimum Gasteiger partial charge on any atom is -0.459 e. The van der Waals surface area contributed by atoms with Crippen LogP contribution in [0.1, 0.15) is 19.4 Å². The highest BCUT2D eigenvalue weighted by Gasteiger charge is 2.50. The van der Waals surface area contributed by atoms with Gasteiger partial charge in [0.25, 0.3) is 0 Å². The van der Waals surface area contributed by atoms with Gasteiger partial charge in [0, 0.05) is 0 Å². The van der Waals surface area contributed by atoms with Crippen LogP contribution >= 0.6 is 0 Å². The summed E-state index contributed by atoms with van der Waals surface area (Å²) in [5.74, 6) is -0.570. The van der Waals surface area contributed by atoms with Gasteiger partial charge in [-0.15, -0.1) is 0 Å². The second-order valence-corrected chi connectivity index (χ2v) is 4.89. The topological polar surface area (TPSA) is 64.6 Å². The summed E-state index contributed by atoms with van der Waals surface area (Å²) in [6.45, 7) is 3.89. The highest BCUT2D eigenvalue weighted by atomic mass is 16.6. The second kappa shape index (κ2) is 5.30. The van der Waals surface area contributed by atoms with Crippen LogP contribution in [-0.4, -0.2) is 24.2 Å². The number of nitrogens with one attached hydrogen (secondary N) is 1. The zero-order valence-corrected chi connectivity index (χ0v) is 11.0. The number of carbonyl (C=O) groups excluding carboxylic acids is 2. The van der Waals surface area contributed by atoms with Gasteiger partial charge in [0.2, 0.25) is 0 Å². The molecule has 1 N–H and O–H groups in total. The zero-order chi connectivity index (χ0) is 13.9. The molecule has 5 heteroatoms. The fourth-order valence-corrected chi connectivity index (χ4v) is 1.94. The largest absolute Gasteiger partial charge is 0.459 e. The molecule has 1 aliphatic heterocycles. The minimum absolute atomic E-state index is 0.0110. The molecule has 0 aromatic heterocycles. The maximum absolute atomic E-state index is 12.2. The maximum Gasteiger partial charge on any atom is 0.408 e. The van der Waals surface area contributed by atoms with Crippen LogP contribution in [-0.2, 0) is 20.9 Å².